The van der Waals surface area contributed by atoms with Crippen molar-refractivity contribution in [2.24, 2.45) is 0 Å². The molecule has 0 heterocycles. The lowest BCUT2D eigenvalue weighted by Gasteiger charge is -2.03. The highest BCUT2D eigenvalue weighted by Crippen LogP contribution is 2.06. The van der Waals surface area contributed by atoms with Crippen molar-refractivity contribution in [1.29, 1.82) is 0 Å². The fourth-order valence-corrected chi connectivity index (χ4v) is 1.74. The molecule has 0 saturated carbocycles. The summed E-state index contributed by atoms with van der Waals surface area (Å²) < 4.78 is 5.01. The number of rotatable bonds is 12. The van der Waals surface area contributed by atoms with Crippen LogP contribution >= 0.6 is 12.6 Å². The van der Waals surface area contributed by atoms with Crippen LogP contribution in [0.5, 0.6) is 0 Å². The summed E-state index contributed by atoms with van der Waals surface area (Å²) in [7, 11) is 1.78. The number of ether oxygens (including phenoxy) is 1. The summed E-state index contributed by atoms with van der Waals surface area (Å²) >= 11 is 4.15. The Morgan fingerprint density at radius 2 is 1.47 bits per heavy atom. The van der Waals surface area contributed by atoms with Crippen molar-refractivity contribution >= 4 is 12.6 Å². The minimum Gasteiger partial charge on any atom is -0.385 e. The second-order valence-corrected chi connectivity index (χ2v) is 4.39. The molecule has 1 N–H and O–H groups in total. The van der Waals surface area contributed by atoms with Gasteiger partial charge in [0.05, 0.1) is 0 Å². The van der Waals surface area contributed by atoms with Crippen LogP contribution in [0.3, 0.4) is 0 Å². The van der Waals surface area contributed by atoms with Crippen molar-refractivity contribution in [2.75, 3.05) is 32.6 Å². The molecule has 0 spiro atoms. The SMILES string of the molecule is COCCCCCCCCCNCCS. The Bertz CT molecular complexity index is 99.8. The van der Waals surface area contributed by atoms with Gasteiger partial charge in [-0.2, -0.15) is 12.6 Å². The second-order valence-electron chi connectivity index (χ2n) is 3.94. The number of hydrogen-bond donors (Lipinski definition) is 2. The van der Waals surface area contributed by atoms with Crippen molar-refractivity contribution in [3.63, 3.8) is 0 Å². The Kier molecular flexibility index (Phi) is 14.5. The molecule has 2 nitrogen and oxygen atoms in total. The molecule has 0 aromatic carbocycles. The zero-order valence-corrected chi connectivity index (χ0v) is 11.0. The average molecular weight is 233 g/mol. The number of thiol groups is 1. The van der Waals surface area contributed by atoms with Crippen LogP contribution in [0.25, 0.3) is 0 Å². The van der Waals surface area contributed by atoms with E-state index in [9.17, 15) is 0 Å². The first-order valence-electron chi connectivity index (χ1n) is 6.22. The third-order valence-electron chi connectivity index (χ3n) is 2.49. The standard InChI is InChI=1S/C12H27NOS/c1-14-11-8-6-4-2-3-5-7-9-13-10-12-15/h13,15H,2-12H2,1H3. The van der Waals surface area contributed by atoms with Crippen LogP contribution in [-0.2, 0) is 4.74 Å². The van der Waals surface area contributed by atoms with Gasteiger partial charge < -0.3 is 10.1 Å². The fraction of sp³-hybridized carbons (Fsp3) is 1.00. The fourth-order valence-electron chi connectivity index (χ4n) is 1.58. The van der Waals surface area contributed by atoms with E-state index in [-0.39, 0.29) is 0 Å². The molecule has 0 rings (SSSR count). The normalized spacial score (nSPS) is 10.8. The topological polar surface area (TPSA) is 21.3 Å². The number of hydrogen-bond acceptors (Lipinski definition) is 3. The van der Waals surface area contributed by atoms with Gasteiger partial charge in [-0.3, -0.25) is 0 Å². The van der Waals surface area contributed by atoms with Gasteiger partial charge in [-0.15, -0.1) is 0 Å². The molecule has 0 aliphatic heterocycles. The first kappa shape index (κ1) is 15.3. The molecule has 0 aromatic rings. The van der Waals surface area contributed by atoms with Gasteiger partial charge in [0.2, 0.25) is 0 Å². The highest BCUT2D eigenvalue weighted by atomic mass is 32.1. The van der Waals surface area contributed by atoms with Crippen LogP contribution in [0.4, 0.5) is 0 Å². The van der Waals surface area contributed by atoms with E-state index in [4.69, 9.17) is 4.74 Å². The Morgan fingerprint density at radius 3 is 2.07 bits per heavy atom. The van der Waals surface area contributed by atoms with Crippen molar-refractivity contribution < 1.29 is 4.74 Å². The molecule has 0 unspecified atom stereocenters. The molecular weight excluding hydrogens is 206 g/mol. The number of nitrogens with one attached hydrogen (secondary N) is 1. The maximum atomic E-state index is 5.01. The molecule has 3 heteroatoms. The van der Waals surface area contributed by atoms with E-state index < -0.39 is 0 Å². The van der Waals surface area contributed by atoms with Gasteiger partial charge in [0, 0.05) is 26.0 Å². The lowest BCUT2D eigenvalue weighted by atomic mass is 10.1. The smallest absolute Gasteiger partial charge is 0.0462 e. The van der Waals surface area contributed by atoms with Crippen molar-refractivity contribution in [3.05, 3.63) is 0 Å². The van der Waals surface area contributed by atoms with Gasteiger partial charge in [-0.25, -0.2) is 0 Å². The van der Waals surface area contributed by atoms with Gasteiger partial charge in [0.25, 0.3) is 0 Å². The molecule has 0 bridgehead atoms. The van der Waals surface area contributed by atoms with Crippen LogP contribution in [0.15, 0.2) is 0 Å². The maximum absolute atomic E-state index is 5.01. The van der Waals surface area contributed by atoms with Crippen LogP contribution in [0.1, 0.15) is 44.9 Å². The molecule has 0 aliphatic rings. The van der Waals surface area contributed by atoms with E-state index in [2.05, 4.69) is 17.9 Å². The molecule has 0 aliphatic carbocycles. The lowest BCUT2D eigenvalue weighted by molar-refractivity contribution is 0.192. The largest absolute Gasteiger partial charge is 0.385 e. The predicted molar refractivity (Wildman–Crippen MR) is 70.9 cm³/mol. The summed E-state index contributed by atoms with van der Waals surface area (Å²) in [5, 5.41) is 3.36. The first-order valence-corrected chi connectivity index (χ1v) is 6.85. The van der Waals surface area contributed by atoms with Crippen LogP contribution in [0.2, 0.25) is 0 Å². The van der Waals surface area contributed by atoms with Crippen molar-refractivity contribution in [2.45, 2.75) is 44.9 Å². The van der Waals surface area contributed by atoms with Gasteiger partial charge in [-0.05, 0) is 19.4 Å². The second kappa shape index (κ2) is 14.3. The van der Waals surface area contributed by atoms with Crippen LogP contribution < -0.4 is 5.32 Å². The summed E-state index contributed by atoms with van der Waals surface area (Å²) in [6.45, 7) is 3.12. The molecule has 0 amide bonds. The molecule has 92 valence electrons. The zero-order valence-electron chi connectivity index (χ0n) is 10.1. The molecule has 0 fully saturated rings. The summed E-state index contributed by atoms with van der Waals surface area (Å²) in [6, 6.07) is 0. The molecule has 0 radical (unpaired) electrons. The third kappa shape index (κ3) is 14.3. The molecule has 15 heavy (non-hydrogen) atoms. The van der Waals surface area contributed by atoms with Gasteiger partial charge in [0.1, 0.15) is 0 Å². The monoisotopic (exact) mass is 233 g/mol. The van der Waals surface area contributed by atoms with E-state index in [1.807, 2.05) is 0 Å². The highest BCUT2D eigenvalue weighted by Gasteiger charge is 1.91. The molecule has 0 atom stereocenters. The average Bonchev–Trinajstić information content (AvgIpc) is 2.26. The van der Waals surface area contributed by atoms with Crippen molar-refractivity contribution in [1.82, 2.24) is 5.32 Å². The number of unbranched alkanes of at least 4 members (excludes halogenated alkanes) is 6. The summed E-state index contributed by atoms with van der Waals surface area (Å²) in [6.07, 6.45) is 9.36. The van der Waals surface area contributed by atoms with E-state index in [0.29, 0.717) is 0 Å². The summed E-state index contributed by atoms with van der Waals surface area (Å²) in [4.78, 5) is 0. The minimum atomic E-state index is 0.924. The van der Waals surface area contributed by atoms with E-state index in [1.165, 1.54) is 44.9 Å². The van der Waals surface area contributed by atoms with Crippen molar-refractivity contribution in [3.8, 4) is 0 Å². The minimum absolute atomic E-state index is 0.924. The Balaban J connectivity index is 2.81. The van der Waals surface area contributed by atoms with E-state index in [1.54, 1.807) is 7.11 Å². The Morgan fingerprint density at radius 1 is 0.867 bits per heavy atom. The van der Waals surface area contributed by atoms with Crippen LogP contribution in [-0.4, -0.2) is 32.6 Å². The highest BCUT2D eigenvalue weighted by molar-refractivity contribution is 7.80. The molecular formula is C12H27NOS. The summed E-state index contributed by atoms with van der Waals surface area (Å²) in [5.74, 6) is 0.944. The number of methoxy groups -OCH3 is 1. The molecule has 0 saturated heterocycles. The van der Waals surface area contributed by atoms with Gasteiger partial charge in [-0.1, -0.05) is 32.1 Å². The summed E-state index contributed by atoms with van der Waals surface area (Å²) in [5.41, 5.74) is 0. The quantitative estimate of drug-likeness (QED) is 0.399. The van der Waals surface area contributed by atoms with Gasteiger partial charge >= 0.3 is 0 Å². The van der Waals surface area contributed by atoms with E-state index >= 15 is 0 Å². The lowest BCUT2D eigenvalue weighted by Crippen LogP contribution is -2.17. The Labute approximate surface area is 101 Å². The maximum Gasteiger partial charge on any atom is 0.0462 e. The zero-order chi connectivity index (χ0) is 11.2. The first-order chi connectivity index (χ1) is 7.41. The van der Waals surface area contributed by atoms with Gasteiger partial charge in [0.15, 0.2) is 0 Å². The Hall–Kier alpha value is 0.270. The third-order valence-corrected chi connectivity index (χ3v) is 2.71. The molecule has 0 aromatic heterocycles. The predicted octanol–water partition coefficient (Wildman–Crippen LogP) is 2.88. The van der Waals surface area contributed by atoms with E-state index in [0.717, 1.165) is 25.4 Å². The van der Waals surface area contributed by atoms with Crippen LogP contribution in [0, 0.1) is 0 Å².